The summed E-state index contributed by atoms with van der Waals surface area (Å²) in [7, 11) is 2.15. The van der Waals surface area contributed by atoms with Gasteiger partial charge in [-0.05, 0) is 57.1 Å². The molecule has 1 aromatic carbocycles. The van der Waals surface area contributed by atoms with Gasteiger partial charge >= 0.3 is 5.97 Å². The van der Waals surface area contributed by atoms with Crippen molar-refractivity contribution in [3.63, 3.8) is 0 Å². The number of imidazole rings is 1. The molecule has 2 aromatic rings. The van der Waals surface area contributed by atoms with Crippen LogP contribution >= 0.6 is 0 Å². The third-order valence-electron chi connectivity index (χ3n) is 4.16. The van der Waals surface area contributed by atoms with Crippen LogP contribution in [0.2, 0.25) is 0 Å². The maximum Gasteiger partial charge on any atom is 0.335 e. The van der Waals surface area contributed by atoms with Gasteiger partial charge in [-0.3, -0.25) is 0 Å². The number of likely N-dealkylation sites (tertiary alicyclic amines) is 1. The Labute approximate surface area is 117 Å². The van der Waals surface area contributed by atoms with Gasteiger partial charge in [0.05, 0.1) is 22.9 Å². The van der Waals surface area contributed by atoms with Crippen LogP contribution in [0.1, 0.15) is 23.2 Å². The van der Waals surface area contributed by atoms with Gasteiger partial charge < -0.3 is 14.6 Å². The van der Waals surface area contributed by atoms with Crippen molar-refractivity contribution >= 4 is 17.0 Å². The van der Waals surface area contributed by atoms with E-state index in [2.05, 4.69) is 21.5 Å². The zero-order valence-electron chi connectivity index (χ0n) is 11.6. The fraction of sp³-hybridized carbons (Fsp3) is 0.467. The lowest BCUT2D eigenvalue weighted by Crippen LogP contribution is -2.31. The van der Waals surface area contributed by atoms with Crippen LogP contribution in [-0.2, 0) is 6.54 Å². The molecule has 0 amide bonds. The maximum atomic E-state index is 11.1. The zero-order chi connectivity index (χ0) is 14.1. The first-order valence-corrected chi connectivity index (χ1v) is 7.00. The van der Waals surface area contributed by atoms with E-state index in [1.54, 1.807) is 18.2 Å². The lowest BCUT2D eigenvalue weighted by molar-refractivity contribution is 0.0697. The number of benzene rings is 1. The number of piperidine rings is 1. The molecule has 1 aliphatic rings. The van der Waals surface area contributed by atoms with E-state index in [1.807, 2.05) is 6.33 Å². The first kappa shape index (κ1) is 13.1. The number of carboxylic acid groups (broad SMARTS) is 1. The van der Waals surface area contributed by atoms with Crippen LogP contribution in [0, 0.1) is 5.92 Å². The fourth-order valence-corrected chi connectivity index (χ4v) is 2.86. The van der Waals surface area contributed by atoms with Gasteiger partial charge in [-0.2, -0.15) is 0 Å². The minimum Gasteiger partial charge on any atom is -0.478 e. The molecule has 0 radical (unpaired) electrons. The number of carbonyl (C=O) groups is 1. The Bertz CT molecular complexity index is 627. The number of fused-ring (bicyclic) bond motifs is 1. The summed E-state index contributed by atoms with van der Waals surface area (Å²) in [6, 6.07) is 5.11. The number of aromatic carboxylic acids is 1. The molecular weight excluding hydrogens is 254 g/mol. The van der Waals surface area contributed by atoms with Crippen LogP contribution in [0.4, 0.5) is 0 Å². The van der Waals surface area contributed by atoms with E-state index in [0.717, 1.165) is 30.7 Å². The molecule has 1 N–H and O–H groups in total. The van der Waals surface area contributed by atoms with Crippen LogP contribution in [0.25, 0.3) is 11.0 Å². The predicted molar refractivity (Wildman–Crippen MR) is 76.9 cm³/mol. The van der Waals surface area contributed by atoms with Crippen molar-refractivity contribution in [3.8, 4) is 0 Å². The summed E-state index contributed by atoms with van der Waals surface area (Å²) in [6.45, 7) is 3.20. The highest BCUT2D eigenvalue weighted by Crippen LogP contribution is 2.21. The van der Waals surface area contributed by atoms with Crippen LogP contribution < -0.4 is 0 Å². The molecule has 20 heavy (non-hydrogen) atoms. The quantitative estimate of drug-likeness (QED) is 0.930. The Morgan fingerprint density at radius 3 is 2.85 bits per heavy atom. The molecule has 1 aromatic heterocycles. The Hall–Kier alpha value is -1.88. The van der Waals surface area contributed by atoms with Crippen molar-refractivity contribution < 1.29 is 9.90 Å². The molecule has 0 saturated carbocycles. The molecular formula is C15H19N3O2. The van der Waals surface area contributed by atoms with Crippen LogP contribution in [0.5, 0.6) is 0 Å². The Kier molecular flexibility index (Phi) is 3.44. The monoisotopic (exact) mass is 273 g/mol. The topological polar surface area (TPSA) is 58.4 Å². The van der Waals surface area contributed by atoms with Crippen LogP contribution in [-0.4, -0.2) is 45.7 Å². The first-order valence-electron chi connectivity index (χ1n) is 7.00. The highest BCUT2D eigenvalue weighted by atomic mass is 16.4. The van der Waals surface area contributed by atoms with Gasteiger partial charge in [0.1, 0.15) is 0 Å². The van der Waals surface area contributed by atoms with Crippen LogP contribution in [0.15, 0.2) is 24.5 Å². The zero-order valence-corrected chi connectivity index (χ0v) is 11.6. The van der Waals surface area contributed by atoms with Crippen molar-refractivity contribution in [2.24, 2.45) is 5.92 Å². The van der Waals surface area contributed by atoms with Crippen molar-refractivity contribution in [1.82, 2.24) is 14.5 Å². The van der Waals surface area contributed by atoms with E-state index in [1.165, 1.54) is 12.8 Å². The lowest BCUT2D eigenvalue weighted by atomic mass is 9.97. The summed E-state index contributed by atoms with van der Waals surface area (Å²) in [6.07, 6.45) is 4.21. The fourth-order valence-electron chi connectivity index (χ4n) is 2.86. The first-order chi connectivity index (χ1) is 9.63. The van der Waals surface area contributed by atoms with Crippen LogP contribution in [0.3, 0.4) is 0 Å². The second-order valence-electron chi connectivity index (χ2n) is 5.65. The third kappa shape index (κ3) is 2.54. The van der Waals surface area contributed by atoms with Gasteiger partial charge in [0.15, 0.2) is 0 Å². The van der Waals surface area contributed by atoms with Crippen molar-refractivity contribution in [2.45, 2.75) is 19.4 Å². The number of aromatic nitrogens is 2. The molecule has 1 aliphatic heterocycles. The molecule has 5 nitrogen and oxygen atoms in total. The Balaban J connectivity index is 1.84. The number of hydrogen-bond donors (Lipinski definition) is 1. The largest absolute Gasteiger partial charge is 0.478 e. The lowest BCUT2D eigenvalue weighted by Gasteiger charge is -2.29. The maximum absolute atomic E-state index is 11.1. The van der Waals surface area contributed by atoms with E-state index in [4.69, 9.17) is 5.11 Å². The minimum atomic E-state index is -0.890. The molecule has 5 heteroatoms. The van der Waals surface area contributed by atoms with Crippen molar-refractivity contribution in [2.75, 3.05) is 20.1 Å². The summed E-state index contributed by atoms with van der Waals surface area (Å²) in [5.74, 6) is -0.240. The molecule has 0 unspecified atom stereocenters. The summed E-state index contributed by atoms with van der Waals surface area (Å²) in [5, 5.41) is 9.09. The van der Waals surface area contributed by atoms with Gasteiger partial charge in [-0.1, -0.05) is 0 Å². The van der Waals surface area contributed by atoms with E-state index >= 15 is 0 Å². The van der Waals surface area contributed by atoms with Crippen molar-refractivity contribution in [1.29, 1.82) is 0 Å². The minimum absolute atomic E-state index is 0.322. The van der Waals surface area contributed by atoms with E-state index in [9.17, 15) is 4.79 Å². The Morgan fingerprint density at radius 1 is 1.40 bits per heavy atom. The Morgan fingerprint density at radius 2 is 2.15 bits per heavy atom. The molecule has 1 fully saturated rings. The normalized spacial score (nSPS) is 17.6. The average molecular weight is 273 g/mol. The second-order valence-corrected chi connectivity index (χ2v) is 5.65. The third-order valence-corrected chi connectivity index (χ3v) is 4.16. The van der Waals surface area contributed by atoms with E-state index in [0.29, 0.717) is 11.5 Å². The van der Waals surface area contributed by atoms with Gasteiger partial charge in [0.2, 0.25) is 0 Å². The van der Waals surface area contributed by atoms with Gasteiger partial charge in [0.25, 0.3) is 0 Å². The van der Waals surface area contributed by atoms with Gasteiger partial charge in [0, 0.05) is 6.54 Å². The number of nitrogens with zero attached hydrogens (tertiary/aromatic N) is 3. The molecule has 2 heterocycles. The van der Waals surface area contributed by atoms with Gasteiger partial charge in [-0.25, -0.2) is 9.78 Å². The molecule has 3 rings (SSSR count). The highest BCUT2D eigenvalue weighted by molar-refractivity contribution is 5.92. The van der Waals surface area contributed by atoms with Gasteiger partial charge in [-0.15, -0.1) is 0 Å². The van der Waals surface area contributed by atoms with Crippen molar-refractivity contribution in [3.05, 3.63) is 30.1 Å². The molecule has 0 atom stereocenters. The summed E-state index contributed by atoms with van der Waals surface area (Å²) < 4.78 is 2.10. The summed E-state index contributed by atoms with van der Waals surface area (Å²) in [4.78, 5) is 17.8. The number of carboxylic acids is 1. The summed E-state index contributed by atoms with van der Waals surface area (Å²) >= 11 is 0. The molecule has 0 aliphatic carbocycles. The standard InChI is InChI=1S/C15H19N3O2/c1-17-6-4-11(5-7-17)9-18-10-16-13-3-2-12(15(19)20)8-14(13)18/h2-3,8,10-11H,4-7,9H2,1H3,(H,19,20). The predicted octanol–water partition coefficient (Wildman–Crippen LogP) is 2.08. The van der Waals surface area contributed by atoms with E-state index < -0.39 is 5.97 Å². The SMILES string of the molecule is CN1CCC(Cn2cnc3ccc(C(=O)O)cc32)CC1. The number of rotatable bonds is 3. The molecule has 0 spiro atoms. The summed E-state index contributed by atoms with van der Waals surface area (Å²) in [5.41, 5.74) is 2.11. The molecule has 0 bridgehead atoms. The molecule has 1 saturated heterocycles. The molecule has 106 valence electrons. The second kappa shape index (κ2) is 5.25. The number of hydrogen-bond acceptors (Lipinski definition) is 3. The smallest absolute Gasteiger partial charge is 0.335 e. The van der Waals surface area contributed by atoms with E-state index in [-0.39, 0.29) is 0 Å². The average Bonchev–Trinajstić information content (AvgIpc) is 2.84. The highest BCUT2D eigenvalue weighted by Gasteiger charge is 2.18.